The average molecular weight is 521 g/mol. The highest BCUT2D eigenvalue weighted by atomic mass is 35.5. The minimum atomic E-state index is -1.03. The van der Waals surface area contributed by atoms with Crippen LogP contribution in [0.2, 0.25) is 5.02 Å². The molecule has 0 unspecified atom stereocenters. The standard InChI is InChI=1S/C26H33ClN2O7/c1-15-8-9-16(14-17(15)27)22(30)28-29-23(31)20-18-19(34-25(33-18)10-4-2-5-11-25)21-24(32-20)36-26(35-21)12-6-3-7-13-26/h8-9,14,18-21,24H,2-7,10-13H2,1H3,(H,28,30)(H,29,31)/t18-,19-,20-,21-,24-/m1/s1. The molecular formula is C26H33ClN2O7. The van der Waals surface area contributed by atoms with Crippen molar-refractivity contribution < 1.29 is 33.3 Å². The first-order chi connectivity index (χ1) is 17.4. The van der Waals surface area contributed by atoms with E-state index in [1.165, 1.54) is 0 Å². The van der Waals surface area contributed by atoms with Gasteiger partial charge in [0.1, 0.15) is 18.3 Å². The van der Waals surface area contributed by atoms with Crippen molar-refractivity contribution in [1.82, 2.24) is 10.9 Å². The first kappa shape index (κ1) is 24.6. The summed E-state index contributed by atoms with van der Waals surface area (Å²) in [5, 5.41) is 0.475. The van der Waals surface area contributed by atoms with Crippen molar-refractivity contribution in [3.63, 3.8) is 0 Å². The number of hydrogen-bond donors (Lipinski definition) is 2. The van der Waals surface area contributed by atoms with Crippen LogP contribution < -0.4 is 10.9 Å². The van der Waals surface area contributed by atoms with Gasteiger partial charge in [0.25, 0.3) is 11.8 Å². The molecule has 1 aromatic rings. The molecule has 0 radical (unpaired) electrons. The number of aryl methyl sites for hydroxylation is 1. The molecule has 5 fully saturated rings. The zero-order chi connectivity index (χ0) is 24.9. The van der Waals surface area contributed by atoms with E-state index >= 15 is 0 Å². The lowest BCUT2D eigenvalue weighted by molar-refractivity contribution is -0.247. The molecular weight excluding hydrogens is 488 g/mol. The summed E-state index contributed by atoms with van der Waals surface area (Å²) in [7, 11) is 0. The molecule has 1 aromatic carbocycles. The number of ether oxygens (including phenoxy) is 5. The summed E-state index contributed by atoms with van der Waals surface area (Å²) in [6.07, 6.45) is 6.04. The summed E-state index contributed by atoms with van der Waals surface area (Å²) < 4.78 is 32.0. The lowest BCUT2D eigenvalue weighted by Crippen LogP contribution is -2.61. The molecule has 36 heavy (non-hydrogen) atoms. The Labute approximate surface area is 215 Å². The van der Waals surface area contributed by atoms with Crippen LogP contribution in [0.1, 0.15) is 80.1 Å². The highest BCUT2D eigenvalue weighted by molar-refractivity contribution is 6.31. The summed E-state index contributed by atoms with van der Waals surface area (Å²) in [5.41, 5.74) is 6.16. The van der Waals surface area contributed by atoms with Gasteiger partial charge in [-0.3, -0.25) is 20.4 Å². The van der Waals surface area contributed by atoms with Crippen LogP contribution in [0.5, 0.6) is 0 Å². The summed E-state index contributed by atoms with van der Waals surface area (Å²) in [6, 6.07) is 4.96. The number of carbonyl (C=O) groups excluding carboxylic acids is 2. The lowest BCUT2D eigenvalue weighted by Gasteiger charge is -2.36. The van der Waals surface area contributed by atoms with Crippen molar-refractivity contribution in [2.45, 2.75) is 113 Å². The molecule has 2 amide bonds. The van der Waals surface area contributed by atoms with E-state index in [1.807, 2.05) is 6.92 Å². The largest absolute Gasteiger partial charge is 0.341 e. The molecule has 0 aromatic heterocycles. The van der Waals surface area contributed by atoms with Crippen molar-refractivity contribution in [2.24, 2.45) is 0 Å². The predicted octanol–water partition coefficient (Wildman–Crippen LogP) is 3.65. The van der Waals surface area contributed by atoms with Crippen LogP contribution in [0.25, 0.3) is 0 Å². The Morgan fingerprint density at radius 2 is 1.44 bits per heavy atom. The fourth-order valence-electron chi connectivity index (χ4n) is 6.16. The predicted molar refractivity (Wildman–Crippen MR) is 128 cm³/mol. The van der Waals surface area contributed by atoms with E-state index in [4.69, 9.17) is 35.3 Å². The van der Waals surface area contributed by atoms with Crippen LogP contribution in [-0.4, -0.2) is 54.1 Å². The Kier molecular flexibility index (Phi) is 6.50. The number of halogens is 1. The molecule has 0 bridgehead atoms. The molecule has 9 nitrogen and oxygen atoms in total. The third-order valence-electron chi connectivity index (χ3n) is 8.10. The number of nitrogens with one attached hydrogen (secondary N) is 2. The Morgan fingerprint density at radius 3 is 2.11 bits per heavy atom. The molecule has 5 atom stereocenters. The van der Waals surface area contributed by atoms with Crippen LogP contribution in [-0.2, 0) is 28.5 Å². The number of amides is 2. The second-order valence-corrected chi connectivity index (χ2v) is 11.0. The van der Waals surface area contributed by atoms with E-state index in [9.17, 15) is 9.59 Å². The Bertz CT molecular complexity index is 1020. The van der Waals surface area contributed by atoms with Gasteiger partial charge in [-0.25, -0.2) is 0 Å². The maximum Gasteiger partial charge on any atom is 0.270 e. The first-order valence-electron chi connectivity index (χ1n) is 13.1. The second-order valence-electron chi connectivity index (χ2n) is 10.6. The van der Waals surface area contributed by atoms with E-state index in [-0.39, 0.29) is 0 Å². The van der Waals surface area contributed by atoms with Crippen molar-refractivity contribution >= 4 is 23.4 Å². The maximum atomic E-state index is 13.3. The van der Waals surface area contributed by atoms with Crippen molar-refractivity contribution in [1.29, 1.82) is 0 Å². The van der Waals surface area contributed by atoms with E-state index in [2.05, 4.69) is 10.9 Å². The number of hydrogen-bond acceptors (Lipinski definition) is 7. The second kappa shape index (κ2) is 9.53. The van der Waals surface area contributed by atoms with Crippen LogP contribution >= 0.6 is 11.6 Å². The molecule has 3 heterocycles. The van der Waals surface area contributed by atoms with Crippen molar-refractivity contribution in [3.8, 4) is 0 Å². The number of fused-ring (bicyclic) bond motifs is 3. The average Bonchev–Trinajstić information content (AvgIpc) is 3.42. The third-order valence-corrected chi connectivity index (χ3v) is 8.51. The minimum absolute atomic E-state index is 0.335. The third kappa shape index (κ3) is 4.44. The Hall–Kier alpha value is -1.75. The van der Waals surface area contributed by atoms with Gasteiger partial charge < -0.3 is 23.7 Å². The van der Waals surface area contributed by atoms with Gasteiger partial charge in [-0.2, -0.15) is 0 Å². The van der Waals surface area contributed by atoms with Gasteiger partial charge in [0.05, 0.1) is 0 Å². The molecule has 3 aliphatic heterocycles. The zero-order valence-corrected chi connectivity index (χ0v) is 21.2. The quantitative estimate of drug-likeness (QED) is 0.573. The van der Waals surface area contributed by atoms with Gasteiger partial charge in [-0.05, 0) is 50.3 Å². The van der Waals surface area contributed by atoms with Gasteiger partial charge in [-0.1, -0.05) is 30.5 Å². The molecule has 196 valence electrons. The van der Waals surface area contributed by atoms with Crippen molar-refractivity contribution in [2.75, 3.05) is 0 Å². The fraction of sp³-hybridized carbons (Fsp3) is 0.692. The number of hydrazine groups is 1. The molecule has 6 rings (SSSR count). The van der Waals surface area contributed by atoms with Gasteiger partial charge in [0.15, 0.2) is 24.0 Å². The monoisotopic (exact) mass is 520 g/mol. The van der Waals surface area contributed by atoms with Crippen LogP contribution in [0.15, 0.2) is 18.2 Å². The van der Waals surface area contributed by atoms with E-state index in [0.717, 1.165) is 69.8 Å². The highest BCUT2D eigenvalue weighted by Crippen LogP contribution is 2.50. The van der Waals surface area contributed by atoms with Gasteiger partial charge in [0.2, 0.25) is 0 Å². The van der Waals surface area contributed by atoms with Crippen molar-refractivity contribution in [3.05, 3.63) is 34.3 Å². The van der Waals surface area contributed by atoms with Gasteiger partial charge in [0, 0.05) is 36.3 Å². The maximum absolute atomic E-state index is 13.3. The summed E-state index contributed by atoms with van der Waals surface area (Å²) in [4.78, 5) is 25.9. The lowest BCUT2D eigenvalue weighted by atomic mass is 9.94. The van der Waals surface area contributed by atoms with E-state index in [1.54, 1.807) is 18.2 Å². The summed E-state index contributed by atoms with van der Waals surface area (Å²) in [6.45, 7) is 1.85. The number of carbonyl (C=O) groups is 2. The minimum Gasteiger partial charge on any atom is -0.341 e. The summed E-state index contributed by atoms with van der Waals surface area (Å²) >= 11 is 6.14. The van der Waals surface area contributed by atoms with Crippen LogP contribution in [0.4, 0.5) is 0 Å². The van der Waals surface area contributed by atoms with E-state index in [0.29, 0.717) is 10.6 Å². The fourth-order valence-corrected chi connectivity index (χ4v) is 6.34. The zero-order valence-electron chi connectivity index (χ0n) is 20.4. The topological polar surface area (TPSA) is 104 Å². The number of rotatable bonds is 2. The van der Waals surface area contributed by atoms with Gasteiger partial charge in [-0.15, -0.1) is 0 Å². The van der Waals surface area contributed by atoms with Crippen LogP contribution in [0.3, 0.4) is 0 Å². The Balaban J connectivity index is 1.19. The SMILES string of the molecule is Cc1ccc(C(=O)NNC(=O)[C@@H]2O[C@@H]3OC4(CCCCC4)O[C@@H]3[C@@H]3OC4(CCCCC4)O[C@H]32)cc1Cl. The molecule has 2 saturated carbocycles. The normalized spacial score (nSPS) is 34.2. The molecule has 2 aliphatic carbocycles. The molecule has 5 aliphatic rings. The molecule has 2 N–H and O–H groups in total. The molecule has 10 heteroatoms. The highest BCUT2D eigenvalue weighted by Gasteiger charge is 2.65. The molecule has 2 spiro atoms. The van der Waals surface area contributed by atoms with E-state index < -0.39 is 54.1 Å². The summed E-state index contributed by atoms with van der Waals surface area (Å²) in [5.74, 6) is -2.45. The Morgan fingerprint density at radius 1 is 0.833 bits per heavy atom. The van der Waals surface area contributed by atoms with Crippen LogP contribution in [0, 0.1) is 6.92 Å². The van der Waals surface area contributed by atoms with Gasteiger partial charge >= 0.3 is 0 Å². The number of benzene rings is 1. The smallest absolute Gasteiger partial charge is 0.270 e. The first-order valence-corrected chi connectivity index (χ1v) is 13.5. The molecule has 3 saturated heterocycles.